The van der Waals surface area contributed by atoms with Crippen molar-refractivity contribution in [3.8, 4) is 5.75 Å². The van der Waals surface area contributed by atoms with Crippen molar-refractivity contribution >= 4 is 27.3 Å². The number of para-hydroxylation sites is 1. The first kappa shape index (κ1) is 14.1. The molecule has 1 aromatic heterocycles. The Morgan fingerprint density at radius 2 is 2.25 bits per heavy atom. The summed E-state index contributed by atoms with van der Waals surface area (Å²) in [6.07, 6.45) is 0. The number of thiophene rings is 1. The van der Waals surface area contributed by atoms with Gasteiger partial charge in [0.1, 0.15) is 5.75 Å². The molecule has 2 aromatic rings. The fourth-order valence-corrected chi connectivity index (χ4v) is 4.85. The minimum absolute atomic E-state index is 0.303. The topological polar surface area (TPSA) is 21.3 Å². The first-order valence-electron chi connectivity index (χ1n) is 6.91. The van der Waals surface area contributed by atoms with Gasteiger partial charge in [-0.05, 0) is 41.5 Å². The molecule has 0 fully saturated rings. The number of hydrogen-bond donors (Lipinski definition) is 1. The molecule has 0 spiro atoms. The highest BCUT2D eigenvalue weighted by Crippen LogP contribution is 2.44. The Bertz CT molecular complexity index is 610. The van der Waals surface area contributed by atoms with Crippen LogP contribution in [0.1, 0.15) is 34.2 Å². The van der Waals surface area contributed by atoms with E-state index in [1.165, 1.54) is 19.8 Å². The molecule has 0 saturated heterocycles. The monoisotopic (exact) mass is 351 g/mol. The lowest BCUT2D eigenvalue weighted by Crippen LogP contribution is -2.27. The van der Waals surface area contributed by atoms with Crippen LogP contribution in [0.15, 0.2) is 34.8 Å². The fraction of sp³-hybridized carbons (Fsp3) is 0.375. The molecule has 0 radical (unpaired) electrons. The second kappa shape index (κ2) is 5.88. The fourth-order valence-electron chi connectivity index (χ4n) is 2.81. The van der Waals surface area contributed by atoms with Crippen molar-refractivity contribution in [2.45, 2.75) is 25.8 Å². The number of halogens is 1. The molecule has 4 heteroatoms. The molecule has 0 amide bonds. The summed E-state index contributed by atoms with van der Waals surface area (Å²) in [5, 5.41) is 3.64. The SMILES string of the molecule is CCNC(c1sc(C)cc1Br)C1COc2ccccc21. The summed E-state index contributed by atoms with van der Waals surface area (Å²) in [6.45, 7) is 6.01. The first-order chi connectivity index (χ1) is 9.70. The van der Waals surface area contributed by atoms with Crippen LogP contribution >= 0.6 is 27.3 Å². The normalized spacial score (nSPS) is 18.6. The summed E-state index contributed by atoms with van der Waals surface area (Å²) in [5.74, 6) is 1.41. The molecule has 0 bridgehead atoms. The second-order valence-electron chi connectivity index (χ2n) is 5.06. The van der Waals surface area contributed by atoms with Crippen molar-refractivity contribution in [1.29, 1.82) is 0 Å². The van der Waals surface area contributed by atoms with Gasteiger partial charge in [0.2, 0.25) is 0 Å². The van der Waals surface area contributed by atoms with E-state index in [-0.39, 0.29) is 0 Å². The van der Waals surface area contributed by atoms with E-state index in [9.17, 15) is 0 Å². The van der Waals surface area contributed by atoms with E-state index in [1.54, 1.807) is 0 Å². The van der Waals surface area contributed by atoms with Crippen molar-refractivity contribution < 1.29 is 4.74 Å². The quantitative estimate of drug-likeness (QED) is 0.865. The number of nitrogens with one attached hydrogen (secondary N) is 1. The Hall–Kier alpha value is -0.840. The lowest BCUT2D eigenvalue weighted by Gasteiger charge is -2.23. The average molecular weight is 352 g/mol. The minimum Gasteiger partial charge on any atom is -0.493 e. The Kier molecular flexibility index (Phi) is 4.15. The molecular formula is C16H18BrNOS. The number of fused-ring (bicyclic) bond motifs is 1. The molecule has 1 aliphatic rings. The zero-order valence-electron chi connectivity index (χ0n) is 11.7. The van der Waals surface area contributed by atoms with Gasteiger partial charge in [-0.15, -0.1) is 11.3 Å². The molecule has 1 N–H and O–H groups in total. The van der Waals surface area contributed by atoms with Gasteiger partial charge >= 0.3 is 0 Å². The van der Waals surface area contributed by atoms with Gasteiger partial charge in [-0.1, -0.05) is 25.1 Å². The standard InChI is InChI=1S/C16H18BrNOS/c1-3-18-15(16-13(17)8-10(2)20-16)12-9-19-14-7-5-4-6-11(12)14/h4-8,12,15,18H,3,9H2,1-2H3. The Morgan fingerprint density at radius 3 is 2.95 bits per heavy atom. The van der Waals surface area contributed by atoms with E-state index in [0.717, 1.165) is 18.9 Å². The van der Waals surface area contributed by atoms with Gasteiger partial charge in [0, 0.05) is 25.7 Å². The molecule has 2 heterocycles. The van der Waals surface area contributed by atoms with Gasteiger partial charge in [-0.2, -0.15) is 0 Å². The van der Waals surface area contributed by atoms with Gasteiger partial charge in [0.25, 0.3) is 0 Å². The molecule has 2 unspecified atom stereocenters. The zero-order chi connectivity index (χ0) is 14.1. The lowest BCUT2D eigenvalue weighted by atomic mass is 9.92. The average Bonchev–Trinajstić information content (AvgIpc) is 3.00. The molecule has 0 aliphatic carbocycles. The maximum atomic E-state index is 5.86. The van der Waals surface area contributed by atoms with E-state index < -0.39 is 0 Å². The maximum Gasteiger partial charge on any atom is 0.122 e. The van der Waals surface area contributed by atoms with Gasteiger partial charge in [0.15, 0.2) is 0 Å². The van der Waals surface area contributed by atoms with Gasteiger partial charge < -0.3 is 10.1 Å². The molecule has 2 atom stereocenters. The Labute approximate surface area is 132 Å². The Balaban J connectivity index is 1.98. The van der Waals surface area contributed by atoms with Gasteiger partial charge in [-0.3, -0.25) is 0 Å². The molecule has 106 valence electrons. The van der Waals surface area contributed by atoms with E-state index in [0.29, 0.717) is 12.0 Å². The summed E-state index contributed by atoms with van der Waals surface area (Å²) in [6, 6.07) is 10.9. The smallest absolute Gasteiger partial charge is 0.122 e. The van der Waals surface area contributed by atoms with Crippen LogP contribution in [0, 0.1) is 6.92 Å². The predicted molar refractivity (Wildman–Crippen MR) is 87.9 cm³/mol. The molecule has 1 aliphatic heterocycles. The summed E-state index contributed by atoms with van der Waals surface area (Å²) in [7, 11) is 0. The van der Waals surface area contributed by atoms with E-state index in [2.05, 4.69) is 59.4 Å². The Morgan fingerprint density at radius 1 is 1.45 bits per heavy atom. The third kappa shape index (κ3) is 2.52. The summed E-state index contributed by atoms with van der Waals surface area (Å²) in [4.78, 5) is 2.71. The lowest BCUT2D eigenvalue weighted by molar-refractivity contribution is 0.302. The number of ether oxygens (including phenoxy) is 1. The van der Waals surface area contributed by atoms with E-state index in [4.69, 9.17) is 4.74 Å². The van der Waals surface area contributed by atoms with Crippen LogP contribution in [0.5, 0.6) is 5.75 Å². The van der Waals surface area contributed by atoms with Crippen LogP contribution in [0.2, 0.25) is 0 Å². The number of rotatable bonds is 4. The number of benzene rings is 1. The highest BCUT2D eigenvalue weighted by molar-refractivity contribution is 9.10. The first-order valence-corrected chi connectivity index (χ1v) is 8.52. The third-order valence-electron chi connectivity index (χ3n) is 3.68. The van der Waals surface area contributed by atoms with Gasteiger partial charge in [0.05, 0.1) is 12.6 Å². The summed E-state index contributed by atoms with van der Waals surface area (Å²) >= 11 is 5.56. The number of hydrogen-bond acceptors (Lipinski definition) is 3. The molecule has 0 saturated carbocycles. The largest absolute Gasteiger partial charge is 0.493 e. The van der Waals surface area contributed by atoms with Crippen LogP contribution in [-0.2, 0) is 0 Å². The molecule has 2 nitrogen and oxygen atoms in total. The van der Waals surface area contributed by atoms with Crippen molar-refractivity contribution in [2.24, 2.45) is 0 Å². The van der Waals surface area contributed by atoms with Crippen LogP contribution in [0.3, 0.4) is 0 Å². The van der Waals surface area contributed by atoms with Crippen molar-refractivity contribution in [2.75, 3.05) is 13.2 Å². The summed E-state index contributed by atoms with van der Waals surface area (Å²) < 4.78 is 7.06. The van der Waals surface area contributed by atoms with Crippen molar-refractivity contribution in [3.05, 3.63) is 50.1 Å². The van der Waals surface area contributed by atoms with Gasteiger partial charge in [-0.25, -0.2) is 0 Å². The molecule has 3 rings (SSSR count). The highest BCUT2D eigenvalue weighted by atomic mass is 79.9. The zero-order valence-corrected chi connectivity index (χ0v) is 14.1. The summed E-state index contributed by atoms with van der Waals surface area (Å²) in [5.41, 5.74) is 1.32. The van der Waals surface area contributed by atoms with Crippen LogP contribution in [-0.4, -0.2) is 13.2 Å². The molecular weight excluding hydrogens is 334 g/mol. The predicted octanol–water partition coefficient (Wildman–Crippen LogP) is 4.65. The van der Waals surface area contributed by atoms with Crippen LogP contribution in [0.25, 0.3) is 0 Å². The van der Waals surface area contributed by atoms with Crippen molar-refractivity contribution in [1.82, 2.24) is 5.32 Å². The van der Waals surface area contributed by atoms with Crippen LogP contribution < -0.4 is 10.1 Å². The third-order valence-corrected chi connectivity index (χ3v) is 5.73. The van der Waals surface area contributed by atoms with Crippen molar-refractivity contribution in [3.63, 3.8) is 0 Å². The highest BCUT2D eigenvalue weighted by Gasteiger charge is 2.33. The van der Waals surface area contributed by atoms with Crippen LogP contribution in [0.4, 0.5) is 0 Å². The van der Waals surface area contributed by atoms with E-state index >= 15 is 0 Å². The number of likely N-dealkylation sites (N-methyl/N-ethyl adjacent to an activating group) is 1. The number of aryl methyl sites for hydroxylation is 1. The minimum atomic E-state index is 0.303. The second-order valence-corrected chi connectivity index (χ2v) is 7.20. The molecule has 20 heavy (non-hydrogen) atoms. The molecule has 1 aromatic carbocycles. The van der Waals surface area contributed by atoms with E-state index in [1.807, 2.05) is 17.4 Å². The maximum absolute atomic E-state index is 5.86.